The van der Waals surface area contributed by atoms with E-state index in [0.29, 0.717) is 23.0 Å². The minimum atomic E-state index is -0.00570. The van der Waals surface area contributed by atoms with E-state index in [1.165, 1.54) is 11.8 Å². The third-order valence-corrected chi connectivity index (χ3v) is 5.77. The SMILES string of the molecule is Cc1occc1-c1nnc(SCC(=O)c2ccc3c(c2)CC(=O)N3C)n1C. The predicted octanol–water partition coefficient (Wildman–Crippen LogP) is 2.88. The van der Waals surface area contributed by atoms with Gasteiger partial charge >= 0.3 is 0 Å². The number of hydrogen-bond acceptors (Lipinski definition) is 6. The van der Waals surface area contributed by atoms with Crippen LogP contribution < -0.4 is 4.90 Å². The van der Waals surface area contributed by atoms with Crippen molar-refractivity contribution in [1.82, 2.24) is 14.8 Å². The Labute approximate surface area is 160 Å². The van der Waals surface area contributed by atoms with Crippen LogP contribution in [-0.4, -0.2) is 39.3 Å². The zero-order valence-corrected chi connectivity index (χ0v) is 16.0. The fourth-order valence-electron chi connectivity index (χ4n) is 3.15. The summed E-state index contributed by atoms with van der Waals surface area (Å²) in [5.41, 5.74) is 3.26. The third-order valence-electron chi connectivity index (χ3n) is 4.75. The second-order valence-electron chi connectivity index (χ2n) is 6.44. The van der Waals surface area contributed by atoms with Gasteiger partial charge in [0, 0.05) is 25.3 Å². The van der Waals surface area contributed by atoms with Crippen LogP contribution in [0.2, 0.25) is 0 Å². The summed E-state index contributed by atoms with van der Waals surface area (Å²) in [4.78, 5) is 26.0. The summed E-state index contributed by atoms with van der Waals surface area (Å²) in [5.74, 6) is 1.77. The van der Waals surface area contributed by atoms with Gasteiger partial charge in [-0.2, -0.15) is 0 Å². The number of benzene rings is 1. The van der Waals surface area contributed by atoms with Crippen LogP contribution in [0.5, 0.6) is 0 Å². The summed E-state index contributed by atoms with van der Waals surface area (Å²) >= 11 is 1.34. The molecule has 0 spiro atoms. The summed E-state index contributed by atoms with van der Waals surface area (Å²) < 4.78 is 7.17. The molecule has 7 nitrogen and oxygen atoms in total. The van der Waals surface area contributed by atoms with E-state index >= 15 is 0 Å². The van der Waals surface area contributed by atoms with Gasteiger partial charge in [0.25, 0.3) is 0 Å². The lowest BCUT2D eigenvalue weighted by Gasteiger charge is -2.10. The number of likely N-dealkylation sites (N-methyl/N-ethyl adjacent to an activating group) is 1. The normalized spacial score (nSPS) is 13.3. The largest absolute Gasteiger partial charge is 0.469 e. The Bertz CT molecular complexity index is 1050. The van der Waals surface area contributed by atoms with Crippen LogP contribution in [0.3, 0.4) is 0 Å². The maximum atomic E-state index is 12.6. The summed E-state index contributed by atoms with van der Waals surface area (Å²) in [5, 5.41) is 9.06. The van der Waals surface area contributed by atoms with Crippen molar-refractivity contribution in [3.8, 4) is 11.4 Å². The Hall–Kier alpha value is -2.87. The molecule has 0 unspecified atom stereocenters. The maximum Gasteiger partial charge on any atom is 0.231 e. The van der Waals surface area contributed by atoms with E-state index in [9.17, 15) is 9.59 Å². The molecule has 3 aromatic rings. The van der Waals surface area contributed by atoms with Crippen molar-refractivity contribution in [3.05, 3.63) is 47.4 Å². The molecule has 1 aliphatic rings. The number of nitrogens with zero attached hydrogens (tertiary/aromatic N) is 4. The van der Waals surface area contributed by atoms with Crippen molar-refractivity contribution in [2.75, 3.05) is 17.7 Å². The molecule has 0 aliphatic carbocycles. The smallest absolute Gasteiger partial charge is 0.231 e. The summed E-state index contributed by atoms with van der Waals surface area (Å²) in [6.45, 7) is 1.87. The molecule has 0 atom stereocenters. The van der Waals surface area contributed by atoms with Crippen LogP contribution in [-0.2, 0) is 18.3 Å². The lowest BCUT2D eigenvalue weighted by molar-refractivity contribution is -0.117. The van der Waals surface area contributed by atoms with Crippen LogP contribution in [0.25, 0.3) is 11.4 Å². The van der Waals surface area contributed by atoms with Gasteiger partial charge in [-0.25, -0.2) is 0 Å². The Morgan fingerprint density at radius 3 is 2.81 bits per heavy atom. The number of furan rings is 1. The molecule has 27 heavy (non-hydrogen) atoms. The fourth-order valence-corrected chi connectivity index (χ4v) is 3.95. The Morgan fingerprint density at radius 1 is 1.26 bits per heavy atom. The van der Waals surface area contributed by atoms with Crippen molar-refractivity contribution in [2.45, 2.75) is 18.5 Å². The third kappa shape index (κ3) is 3.06. The molecule has 4 rings (SSSR count). The number of aromatic nitrogens is 3. The molecule has 0 saturated heterocycles. The standard InChI is InChI=1S/C19H18N4O3S/c1-11-14(6-7-26-11)18-20-21-19(23(18)3)27-10-16(24)12-4-5-15-13(8-12)9-17(25)22(15)2/h4-8H,9-10H2,1-3H3. The average molecular weight is 382 g/mol. The Balaban J connectivity index is 1.48. The molecule has 0 fully saturated rings. The Morgan fingerprint density at radius 2 is 2.07 bits per heavy atom. The van der Waals surface area contributed by atoms with Gasteiger partial charge in [-0.05, 0) is 36.8 Å². The molecule has 138 valence electrons. The van der Waals surface area contributed by atoms with E-state index in [0.717, 1.165) is 22.6 Å². The van der Waals surface area contributed by atoms with Crippen LogP contribution in [0.4, 0.5) is 5.69 Å². The number of fused-ring (bicyclic) bond motifs is 1. The molecule has 0 N–H and O–H groups in total. The van der Waals surface area contributed by atoms with Gasteiger partial charge in [-0.15, -0.1) is 10.2 Å². The van der Waals surface area contributed by atoms with Gasteiger partial charge < -0.3 is 13.9 Å². The highest BCUT2D eigenvalue weighted by Crippen LogP contribution is 2.30. The highest BCUT2D eigenvalue weighted by molar-refractivity contribution is 7.99. The predicted molar refractivity (Wildman–Crippen MR) is 102 cm³/mol. The molecule has 0 radical (unpaired) electrons. The van der Waals surface area contributed by atoms with Gasteiger partial charge in [0.2, 0.25) is 5.91 Å². The number of Topliss-reactive ketones (excluding diaryl/α,β-unsaturated/α-hetero) is 1. The first-order valence-electron chi connectivity index (χ1n) is 8.45. The molecule has 1 aromatic carbocycles. The number of hydrogen-bond donors (Lipinski definition) is 0. The van der Waals surface area contributed by atoms with E-state index in [2.05, 4.69) is 10.2 Å². The van der Waals surface area contributed by atoms with E-state index in [-0.39, 0.29) is 17.4 Å². The number of anilines is 1. The molecule has 8 heteroatoms. The number of thioether (sulfide) groups is 1. The maximum absolute atomic E-state index is 12.6. The summed E-state index contributed by atoms with van der Waals surface area (Å²) in [6, 6.07) is 7.27. The van der Waals surface area contributed by atoms with Crippen molar-refractivity contribution in [1.29, 1.82) is 0 Å². The molecule has 0 bridgehead atoms. The topological polar surface area (TPSA) is 81.2 Å². The number of rotatable bonds is 5. The van der Waals surface area contributed by atoms with E-state index in [1.54, 1.807) is 24.3 Å². The molecule has 1 aliphatic heterocycles. The van der Waals surface area contributed by atoms with E-state index in [1.807, 2.05) is 36.7 Å². The van der Waals surface area contributed by atoms with Crippen molar-refractivity contribution < 1.29 is 14.0 Å². The highest BCUT2D eigenvalue weighted by Gasteiger charge is 2.25. The van der Waals surface area contributed by atoms with Crippen LogP contribution in [0.1, 0.15) is 21.7 Å². The molecule has 1 amide bonds. The molecular weight excluding hydrogens is 364 g/mol. The quantitative estimate of drug-likeness (QED) is 0.499. The average Bonchev–Trinajstić information content (AvgIpc) is 3.31. The lowest BCUT2D eigenvalue weighted by atomic mass is 10.1. The van der Waals surface area contributed by atoms with E-state index in [4.69, 9.17) is 4.42 Å². The molecular formula is C19H18N4O3S. The summed E-state index contributed by atoms with van der Waals surface area (Å²) in [6.07, 6.45) is 1.96. The van der Waals surface area contributed by atoms with E-state index < -0.39 is 0 Å². The fraction of sp³-hybridized carbons (Fsp3) is 0.263. The van der Waals surface area contributed by atoms with Crippen molar-refractivity contribution in [3.63, 3.8) is 0 Å². The van der Waals surface area contributed by atoms with Gasteiger partial charge in [-0.1, -0.05) is 11.8 Å². The molecule has 0 saturated carbocycles. The Kier molecular flexibility index (Phi) is 4.35. The van der Waals surface area contributed by atoms with Gasteiger partial charge in [0.05, 0.1) is 24.0 Å². The van der Waals surface area contributed by atoms with Gasteiger partial charge in [0.15, 0.2) is 16.8 Å². The zero-order valence-electron chi connectivity index (χ0n) is 15.2. The van der Waals surface area contributed by atoms with Crippen LogP contribution in [0.15, 0.2) is 40.1 Å². The number of aryl methyl sites for hydroxylation is 1. The molecule has 3 heterocycles. The highest BCUT2D eigenvalue weighted by atomic mass is 32.2. The van der Waals surface area contributed by atoms with Gasteiger partial charge in [0.1, 0.15) is 5.76 Å². The first-order chi connectivity index (χ1) is 13.0. The minimum absolute atomic E-state index is 0.00570. The van der Waals surface area contributed by atoms with Crippen molar-refractivity contribution in [2.24, 2.45) is 7.05 Å². The second kappa shape index (κ2) is 6.70. The monoisotopic (exact) mass is 382 g/mol. The number of ketones is 1. The number of amides is 1. The number of carbonyl (C=O) groups is 2. The van der Waals surface area contributed by atoms with Gasteiger partial charge in [-0.3, -0.25) is 9.59 Å². The lowest BCUT2D eigenvalue weighted by Crippen LogP contribution is -2.20. The second-order valence-corrected chi connectivity index (χ2v) is 7.38. The first kappa shape index (κ1) is 17.5. The van der Waals surface area contributed by atoms with Crippen LogP contribution >= 0.6 is 11.8 Å². The zero-order chi connectivity index (χ0) is 19.1. The molecule has 2 aromatic heterocycles. The number of carbonyl (C=O) groups excluding carboxylic acids is 2. The van der Waals surface area contributed by atoms with Crippen LogP contribution in [0, 0.1) is 6.92 Å². The van der Waals surface area contributed by atoms with Crippen molar-refractivity contribution >= 4 is 29.1 Å². The minimum Gasteiger partial charge on any atom is -0.469 e. The first-order valence-corrected chi connectivity index (χ1v) is 9.43. The summed E-state index contributed by atoms with van der Waals surface area (Å²) in [7, 11) is 3.62.